The van der Waals surface area contributed by atoms with Gasteiger partial charge in [0, 0.05) is 19.3 Å². The van der Waals surface area contributed by atoms with Gasteiger partial charge in [0.1, 0.15) is 11.9 Å². The van der Waals surface area contributed by atoms with E-state index < -0.39 is 29.7 Å². The number of ether oxygens (including phenoxy) is 1. The zero-order valence-electron chi connectivity index (χ0n) is 12.5. The number of carbonyl (C=O) groups is 1. The van der Waals surface area contributed by atoms with Crippen LogP contribution in [0.1, 0.15) is 25.3 Å². The number of hydrogen-bond donors (Lipinski definition) is 0. The molecule has 5 nitrogen and oxygen atoms in total. The number of alkyl halides is 3. The number of hydrogen-bond acceptors (Lipinski definition) is 5. The number of esters is 1. The molecular weight excluding hydrogens is 311 g/mol. The second-order valence-electron chi connectivity index (χ2n) is 5.37. The molecule has 0 bridgehead atoms. The molecule has 23 heavy (non-hydrogen) atoms. The summed E-state index contributed by atoms with van der Waals surface area (Å²) in [4.78, 5) is 17.3. The van der Waals surface area contributed by atoms with Crippen LogP contribution in [0.2, 0.25) is 0 Å². The summed E-state index contributed by atoms with van der Waals surface area (Å²) in [5, 5.41) is 8.67. The molecule has 2 heterocycles. The van der Waals surface area contributed by atoms with Gasteiger partial charge >= 0.3 is 12.1 Å². The largest absolute Gasteiger partial charge is 0.447 e. The summed E-state index contributed by atoms with van der Waals surface area (Å²) in [5.41, 5.74) is -0.820. The predicted octanol–water partition coefficient (Wildman–Crippen LogP) is 2.77. The summed E-state index contributed by atoms with van der Waals surface area (Å²) in [5.74, 6) is -1.30. The fraction of sp³-hybridized carbons (Fsp3) is 0.533. The Kier molecular flexibility index (Phi) is 5.08. The van der Waals surface area contributed by atoms with Crippen molar-refractivity contribution in [2.24, 2.45) is 5.92 Å². The van der Waals surface area contributed by atoms with Crippen molar-refractivity contribution >= 4 is 11.8 Å². The Morgan fingerprint density at radius 2 is 2.30 bits per heavy atom. The maximum Gasteiger partial charge on any atom is 0.419 e. The molecule has 0 amide bonds. The van der Waals surface area contributed by atoms with Gasteiger partial charge in [0.15, 0.2) is 6.10 Å². The summed E-state index contributed by atoms with van der Waals surface area (Å²) in [7, 11) is 0. The highest BCUT2D eigenvalue weighted by Crippen LogP contribution is 2.36. The smallest absolute Gasteiger partial charge is 0.419 e. The van der Waals surface area contributed by atoms with Crippen LogP contribution in [-0.4, -0.2) is 30.1 Å². The molecule has 1 aliphatic rings. The van der Waals surface area contributed by atoms with Gasteiger partial charge in [0.2, 0.25) is 0 Å². The maximum absolute atomic E-state index is 13.1. The van der Waals surface area contributed by atoms with Crippen LogP contribution in [0.25, 0.3) is 0 Å². The van der Waals surface area contributed by atoms with Crippen molar-refractivity contribution in [3.05, 3.63) is 23.9 Å². The number of anilines is 1. The predicted molar refractivity (Wildman–Crippen MR) is 75.3 cm³/mol. The van der Waals surface area contributed by atoms with E-state index in [0.717, 1.165) is 6.07 Å². The van der Waals surface area contributed by atoms with Gasteiger partial charge in [-0.2, -0.15) is 18.4 Å². The first-order chi connectivity index (χ1) is 10.8. The zero-order valence-corrected chi connectivity index (χ0v) is 12.5. The Balaban J connectivity index is 2.16. The van der Waals surface area contributed by atoms with Crippen LogP contribution in [0.3, 0.4) is 0 Å². The summed E-state index contributed by atoms with van der Waals surface area (Å²) in [6, 6.07) is 4.00. The molecule has 2 atom stereocenters. The Morgan fingerprint density at radius 3 is 2.96 bits per heavy atom. The van der Waals surface area contributed by atoms with Crippen LogP contribution >= 0.6 is 0 Å². The number of carbonyl (C=O) groups excluding carboxylic acids is 1. The molecule has 0 N–H and O–H groups in total. The first-order valence-corrected chi connectivity index (χ1v) is 7.20. The fourth-order valence-electron chi connectivity index (χ4n) is 2.53. The van der Waals surface area contributed by atoms with Crippen LogP contribution in [0.5, 0.6) is 0 Å². The monoisotopic (exact) mass is 327 g/mol. The van der Waals surface area contributed by atoms with E-state index in [1.54, 1.807) is 6.07 Å². The minimum absolute atomic E-state index is 0.0943. The topological polar surface area (TPSA) is 66.2 Å². The van der Waals surface area contributed by atoms with E-state index >= 15 is 0 Å². The molecule has 1 aliphatic heterocycles. The highest BCUT2D eigenvalue weighted by Gasteiger charge is 2.37. The molecule has 0 spiro atoms. The SMILES string of the molecule is CC(C#N)OC(=O)C1CCCN(c2ncccc2C(F)(F)F)C1. The number of piperidine rings is 1. The average molecular weight is 327 g/mol. The minimum Gasteiger partial charge on any atom is -0.447 e. The van der Waals surface area contributed by atoms with E-state index in [9.17, 15) is 18.0 Å². The van der Waals surface area contributed by atoms with Crippen molar-refractivity contribution in [3.63, 3.8) is 0 Å². The molecule has 2 unspecified atom stereocenters. The van der Waals surface area contributed by atoms with Crippen LogP contribution in [0.4, 0.5) is 19.0 Å². The Labute approximate surface area is 131 Å². The van der Waals surface area contributed by atoms with E-state index in [1.807, 2.05) is 0 Å². The van der Waals surface area contributed by atoms with Crippen molar-refractivity contribution in [3.8, 4) is 6.07 Å². The van der Waals surface area contributed by atoms with E-state index in [1.165, 1.54) is 24.1 Å². The van der Waals surface area contributed by atoms with Gasteiger partial charge < -0.3 is 9.64 Å². The summed E-state index contributed by atoms with van der Waals surface area (Å²) < 4.78 is 44.2. The number of nitriles is 1. The molecule has 1 fully saturated rings. The Bertz CT molecular complexity index is 613. The standard InChI is InChI=1S/C15H16F3N3O2/c1-10(8-19)23-14(22)11-4-3-7-21(9-11)13-12(15(16,17)18)5-2-6-20-13/h2,5-6,10-11H,3-4,7,9H2,1H3. The summed E-state index contributed by atoms with van der Waals surface area (Å²) >= 11 is 0. The van der Waals surface area contributed by atoms with Crippen LogP contribution in [0.15, 0.2) is 18.3 Å². The quantitative estimate of drug-likeness (QED) is 0.799. The molecule has 1 saturated heterocycles. The van der Waals surface area contributed by atoms with Gasteiger partial charge in [-0.05, 0) is 31.9 Å². The first kappa shape index (κ1) is 17.1. The number of halogens is 3. The van der Waals surface area contributed by atoms with Crippen molar-refractivity contribution in [1.29, 1.82) is 5.26 Å². The van der Waals surface area contributed by atoms with Gasteiger partial charge in [-0.15, -0.1) is 0 Å². The van der Waals surface area contributed by atoms with Crippen molar-refractivity contribution in [2.75, 3.05) is 18.0 Å². The third kappa shape index (κ3) is 4.12. The Hall–Kier alpha value is -2.30. The van der Waals surface area contributed by atoms with E-state index in [2.05, 4.69) is 4.98 Å². The van der Waals surface area contributed by atoms with Crippen LogP contribution in [-0.2, 0) is 15.7 Å². The molecular formula is C15H16F3N3O2. The molecule has 0 saturated carbocycles. The number of pyridine rings is 1. The minimum atomic E-state index is -4.51. The molecule has 0 radical (unpaired) electrons. The van der Waals surface area contributed by atoms with Crippen molar-refractivity contribution in [2.45, 2.75) is 32.0 Å². The lowest BCUT2D eigenvalue weighted by Gasteiger charge is -2.33. The lowest BCUT2D eigenvalue weighted by atomic mass is 9.97. The fourth-order valence-corrected chi connectivity index (χ4v) is 2.53. The molecule has 1 aromatic heterocycles. The zero-order chi connectivity index (χ0) is 17.0. The third-order valence-electron chi connectivity index (χ3n) is 3.62. The normalized spacial score (nSPS) is 19.8. The lowest BCUT2D eigenvalue weighted by molar-refractivity contribution is -0.151. The van der Waals surface area contributed by atoms with E-state index in [4.69, 9.17) is 10.00 Å². The molecule has 0 aliphatic carbocycles. The summed E-state index contributed by atoms with van der Waals surface area (Å²) in [6.07, 6.45) is -3.02. The maximum atomic E-state index is 13.1. The number of aromatic nitrogens is 1. The molecule has 1 aromatic rings. The van der Waals surface area contributed by atoms with Crippen LogP contribution < -0.4 is 4.90 Å². The third-order valence-corrected chi connectivity index (χ3v) is 3.62. The van der Waals surface area contributed by atoms with Gasteiger partial charge in [-0.3, -0.25) is 4.79 Å². The van der Waals surface area contributed by atoms with Gasteiger partial charge in [0.25, 0.3) is 0 Å². The highest BCUT2D eigenvalue weighted by molar-refractivity contribution is 5.74. The van der Waals surface area contributed by atoms with Crippen molar-refractivity contribution in [1.82, 2.24) is 4.98 Å². The van der Waals surface area contributed by atoms with E-state index in [-0.39, 0.29) is 12.4 Å². The number of nitrogens with zero attached hydrogens (tertiary/aromatic N) is 3. The highest BCUT2D eigenvalue weighted by atomic mass is 19.4. The van der Waals surface area contributed by atoms with Gasteiger partial charge in [-0.25, -0.2) is 4.98 Å². The molecule has 124 valence electrons. The summed E-state index contributed by atoms with van der Waals surface area (Å²) in [6.45, 7) is 1.92. The molecule has 8 heteroatoms. The second kappa shape index (κ2) is 6.86. The Morgan fingerprint density at radius 1 is 1.57 bits per heavy atom. The van der Waals surface area contributed by atoms with Crippen molar-refractivity contribution < 1.29 is 22.7 Å². The first-order valence-electron chi connectivity index (χ1n) is 7.20. The second-order valence-corrected chi connectivity index (χ2v) is 5.37. The number of rotatable bonds is 3. The average Bonchev–Trinajstić information content (AvgIpc) is 2.54. The molecule has 2 rings (SSSR count). The lowest BCUT2D eigenvalue weighted by Crippen LogP contribution is -2.41. The van der Waals surface area contributed by atoms with E-state index in [0.29, 0.717) is 19.4 Å². The van der Waals surface area contributed by atoms with Gasteiger partial charge in [0.05, 0.1) is 11.5 Å². The van der Waals surface area contributed by atoms with Crippen LogP contribution in [0, 0.1) is 17.2 Å². The van der Waals surface area contributed by atoms with Gasteiger partial charge in [-0.1, -0.05) is 0 Å². The molecule has 0 aromatic carbocycles.